The molecule has 0 fully saturated rings. The molecule has 0 spiro atoms. The average molecular weight is 224 g/mol. The van der Waals surface area contributed by atoms with Crippen LogP contribution in [0.1, 0.15) is 11.1 Å². The quantitative estimate of drug-likeness (QED) is 0.787. The number of anilines is 2. The van der Waals surface area contributed by atoms with Crippen molar-refractivity contribution in [3.05, 3.63) is 65.7 Å². The van der Waals surface area contributed by atoms with Crippen LogP contribution in [0.15, 0.2) is 54.6 Å². The Balaban J connectivity index is 1.97. The number of rotatable bonds is 3. The highest BCUT2D eigenvalue weighted by atomic mass is 14.5. The van der Waals surface area contributed by atoms with Gasteiger partial charge in [-0.15, -0.1) is 0 Å². The molecule has 0 bridgehead atoms. The van der Waals surface area contributed by atoms with Crippen molar-refractivity contribution in [2.24, 2.45) is 0 Å². The van der Waals surface area contributed by atoms with Crippen molar-refractivity contribution in [3.63, 3.8) is 0 Å². The number of nitrogens with two attached hydrogens (primary N) is 2. The van der Waals surface area contributed by atoms with E-state index in [-0.39, 0.29) is 0 Å². The second kappa shape index (κ2) is 5.21. The van der Waals surface area contributed by atoms with E-state index in [1.165, 1.54) is 5.56 Å². The first-order chi connectivity index (χ1) is 8.24. The molecule has 17 heavy (non-hydrogen) atoms. The fraction of sp³-hybridized carbons (Fsp3) is 0.0667. The maximum absolute atomic E-state index is 5.63. The molecule has 0 heterocycles. The molecule has 0 saturated carbocycles. The Morgan fingerprint density at radius 3 is 1.88 bits per heavy atom. The van der Waals surface area contributed by atoms with E-state index in [2.05, 4.69) is 12.2 Å². The highest BCUT2D eigenvalue weighted by Crippen LogP contribution is 2.10. The Morgan fingerprint density at radius 1 is 0.765 bits per heavy atom. The number of hydrogen-bond acceptors (Lipinski definition) is 2. The number of allylic oxidation sites excluding steroid dienone is 1. The van der Waals surface area contributed by atoms with Gasteiger partial charge in [-0.3, -0.25) is 0 Å². The smallest absolute Gasteiger partial charge is 0.0314 e. The maximum Gasteiger partial charge on any atom is 0.0314 e. The van der Waals surface area contributed by atoms with Gasteiger partial charge >= 0.3 is 0 Å². The van der Waals surface area contributed by atoms with Gasteiger partial charge in [-0.25, -0.2) is 0 Å². The summed E-state index contributed by atoms with van der Waals surface area (Å²) in [4.78, 5) is 0. The summed E-state index contributed by atoms with van der Waals surface area (Å²) in [7, 11) is 0. The van der Waals surface area contributed by atoms with Crippen molar-refractivity contribution in [2.75, 3.05) is 11.5 Å². The molecule has 0 aromatic heterocycles. The summed E-state index contributed by atoms with van der Waals surface area (Å²) in [6.07, 6.45) is 5.14. The van der Waals surface area contributed by atoms with Crippen LogP contribution >= 0.6 is 0 Å². The van der Waals surface area contributed by atoms with Gasteiger partial charge in [-0.05, 0) is 41.8 Å². The highest BCUT2D eigenvalue weighted by Gasteiger charge is 1.90. The summed E-state index contributed by atoms with van der Waals surface area (Å²) < 4.78 is 0. The summed E-state index contributed by atoms with van der Waals surface area (Å²) in [6, 6.07) is 15.8. The number of hydrogen-bond donors (Lipinski definition) is 2. The minimum atomic E-state index is 0.792. The Labute approximate surface area is 102 Å². The second-order valence-electron chi connectivity index (χ2n) is 4.01. The van der Waals surface area contributed by atoms with Gasteiger partial charge in [0.05, 0.1) is 0 Å². The van der Waals surface area contributed by atoms with Gasteiger partial charge in [-0.1, -0.05) is 36.4 Å². The first kappa shape index (κ1) is 11.3. The van der Waals surface area contributed by atoms with Crippen molar-refractivity contribution in [1.82, 2.24) is 0 Å². The third-order valence-corrected chi connectivity index (χ3v) is 2.58. The van der Waals surface area contributed by atoms with Gasteiger partial charge in [0.1, 0.15) is 0 Å². The Morgan fingerprint density at radius 2 is 1.29 bits per heavy atom. The Hall–Kier alpha value is -2.22. The molecule has 0 aliphatic rings. The van der Waals surface area contributed by atoms with Crippen molar-refractivity contribution in [3.8, 4) is 0 Å². The second-order valence-corrected chi connectivity index (χ2v) is 4.01. The molecule has 0 radical (unpaired) electrons. The van der Waals surface area contributed by atoms with Crippen LogP contribution in [0.2, 0.25) is 0 Å². The molecule has 2 aromatic rings. The lowest BCUT2D eigenvalue weighted by molar-refractivity contribution is 1.28. The van der Waals surface area contributed by atoms with E-state index in [1.54, 1.807) is 0 Å². The predicted octanol–water partition coefficient (Wildman–Crippen LogP) is 3.11. The van der Waals surface area contributed by atoms with Crippen LogP contribution in [0.25, 0.3) is 6.08 Å². The minimum Gasteiger partial charge on any atom is -0.399 e. The summed E-state index contributed by atoms with van der Waals surface area (Å²) in [6.45, 7) is 0. The lowest BCUT2D eigenvalue weighted by Gasteiger charge is -1.98. The summed E-state index contributed by atoms with van der Waals surface area (Å²) in [5.74, 6) is 0. The van der Waals surface area contributed by atoms with Gasteiger partial charge in [0.2, 0.25) is 0 Å². The van der Waals surface area contributed by atoms with Gasteiger partial charge < -0.3 is 11.5 Å². The van der Waals surface area contributed by atoms with E-state index < -0.39 is 0 Å². The van der Waals surface area contributed by atoms with Gasteiger partial charge in [-0.2, -0.15) is 0 Å². The van der Waals surface area contributed by atoms with E-state index >= 15 is 0 Å². The van der Waals surface area contributed by atoms with E-state index in [1.807, 2.05) is 48.5 Å². The normalized spacial score (nSPS) is 10.8. The van der Waals surface area contributed by atoms with Gasteiger partial charge in [0.15, 0.2) is 0 Å². The first-order valence-electron chi connectivity index (χ1n) is 5.60. The standard InChI is InChI=1S/C15H16N2/c16-14-8-4-12(5-9-14)2-1-3-13-6-10-15(17)11-7-13/h1-2,4-11H,3,16-17H2/b2-1+. The van der Waals surface area contributed by atoms with Gasteiger partial charge in [0.25, 0.3) is 0 Å². The van der Waals surface area contributed by atoms with Crippen LogP contribution in [0.3, 0.4) is 0 Å². The van der Waals surface area contributed by atoms with Gasteiger partial charge in [0, 0.05) is 11.4 Å². The van der Waals surface area contributed by atoms with Crippen molar-refractivity contribution in [1.29, 1.82) is 0 Å². The molecule has 0 saturated heterocycles. The minimum absolute atomic E-state index is 0.792. The molecule has 2 nitrogen and oxygen atoms in total. The molecular formula is C15H16N2. The van der Waals surface area contributed by atoms with Crippen LogP contribution in [0.5, 0.6) is 0 Å². The summed E-state index contributed by atoms with van der Waals surface area (Å²) in [5, 5.41) is 0. The molecule has 0 aliphatic carbocycles. The Kier molecular flexibility index (Phi) is 3.46. The zero-order valence-corrected chi connectivity index (χ0v) is 9.64. The largest absolute Gasteiger partial charge is 0.399 e. The molecule has 0 amide bonds. The molecule has 0 aliphatic heterocycles. The van der Waals surface area contributed by atoms with Crippen LogP contribution < -0.4 is 11.5 Å². The van der Waals surface area contributed by atoms with Crippen molar-refractivity contribution >= 4 is 17.5 Å². The molecule has 86 valence electrons. The third-order valence-electron chi connectivity index (χ3n) is 2.58. The lowest BCUT2D eigenvalue weighted by Crippen LogP contribution is -1.86. The molecule has 0 unspecified atom stereocenters. The first-order valence-corrected chi connectivity index (χ1v) is 5.60. The highest BCUT2D eigenvalue weighted by molar-refractivity contribution is 5.53. The lowest BCUT2D eigenvalue weighted by atomic mass is 10.1. The number of nitrogen functional groups attached to an aromatic ring is 2. The molecule has 2 aromatic carbocycles. The zero-order valence-electron chi connectivity index (χ0n) is 9.64. The van der Waals surface area contributed by atoms with E-state index in [9.17, 15) is 0 Å². The predicted molar refractivity (Wildman–Crippen MR) is 74.4 cm³/mol. The van der Waals surface area contributed by atoms with Crippen LogP contribution in [-0.2, 0) is 6.42 Å². The fourth-order valence-electron chi connectivity index (χ4n) is 1.59. The summed E-state index contributed by atoms with van der Waals surface area (Å²) >= 11 is 0. The summed E-state index contributed by atoms with van der Waals surface area (Å²) in [5.41, 5.74) is 15.3. The van der Waals surface area contributed by atoms with Crippen LogP contribution in [-0.4, -0.2) is 0 Å². The molecule has 2 rings (SSSR count). The van der Waals surface area contributed by atoms with E-state index in [4.69, 9.17) is 11.5 Å². The molecule has 4 N–H and O–H groups in total. The van der Waals surface area contributed by atoms with E-state index in [0.717, 1.165) is 23.4 Å². The molecule has 2 heteroatoms. The molecule has 0 atom stereocenters. The third kappa shape index (κ3) is 3.38. The van der Waals surface area contributed by atoms with E-state index in [0.29, 0.717) is 0 Å². The topological polar surface area (TPSA) is 52.0 Å². The van der Waals surface area contributed by atoms with Crippen molar-refractivity contribution in [2.45, 2.75) is 6.42 Å². The monoisotopic (exact) mass is 224 g/mol. The SMILES string of the molecule is Nc1ccc(/C=C/Cc2ccc(N)cc2)cc1. The molecular weight excluding hydrogens is 208 g/mol. The van der Waals surface area contributed by atoms with Crippen LogP contribution in [0, 0.1) is 0 Å². The van der Waals surface area contributed by atoms with Crippen LogP contribution in [0.4, 0.5) is 11.4 Å². The van der Waals surface area contributed by atoms with Crippen molar-refractivity contribution < 1.29 is 0 Å². The number of benzene rings is 2. The maximum atomic E-state index is 5.63. The zero-order chi connectivity index (χ0) is 12.1. The average Bonchev–Trinajstić information content (AvgIpc) is 2.34. The fourth-order valence-corrected chi connectivity index (χ4v) is 1.59. The Bertz CT molecular complexity index is 495.